The third-order valence-corrected chi connectivity index (χ3v) is 6.68. The van der Waals surface area contributed by atoms with E-state index < -0.39 is 30.0 Å². The molecule has 1 aromatic heterocycles. The van der Waals surface area contributed by atoms with E-state index in [9.17, 15) is 27.6 Å². The Balaban J connectivity index is 1.35. The van der Waals surface area contributed by atoms with Crippen LogP contribution in [-0.4, -0.2) is 53.0 Å². The second-order valence-corrected chi connectivity index (χ2v) is 9.08. The summed E-state index contributed by atoms with van der Waals surface area (Å²) in [6, 6.07) is 6.92. The van der Waals surface area contributed by atoms with Gasteiger partial charge in [-0.05, 0) is 50.3 Å². The van der Waals surface area contributed by atoms with Crippen LogP contribution in [0.4, 0.5) is 18.9 Å². The molecule has 1 aromatic carbocycles. The second-order valence-electron chi connectivity index (χ2n) is 8.64. The molecule has 1 spiro atoms. The van der Waals surface area contributed by atoms with E-state index in [1.165, 1.54) is 0 Å². The van der Waals surface area contributed by atoms with E-state index in [-0.39, 0.29) is 23.3 Å². The standard InChI is InChI=1S/C22H23ClF3N5O3/c23-13-2-1-3-15(10-13)31-9-8-21(20(31)34)6-4-14(5-7-21)30-19(33)17-16(28-12-29-17)18(32)27-11-22(24,25)26/h1-3,10,12,14H,4-9,11H2,(H,27,32)(H,28,29)(H,30,33). The smallest absolute Gasteiger partial charge is 0.348 e. The highest BCUT2D eigenvalue weighted by Gasteiger charge is 2.49. The first-order chi connectivity index (χ1) is 16.1. The van der Waals surface area contributed by atoms with E-state index in [0.29, 0.717) is 43.7 Å². The molecule has 34 heavy (non-hydrogen) atoms. The molecule has 0 atom stereocenters. The molecule has 2 aliphatic rings. The average molecular weight is 498 g/mol. The lowest BCUT2D eigenvalue weighted by molar-refractivity contribution is -0.127. The largest absolute Gasteiger partial charge is 0.405 e. The normalized spacial score (nSPS) is 22.8. The third-order valence-electron chi connectivity index (χ3n) is 6.44. The summed E-state index contributed by atoms with van der Waals surface area (Å²) < 4.78 is 37.1. The first-order valence-corrected chi connectivity index (χ1v) is 11.2. The summed E-state index contributed by atoms with van der Waals surface area (Å²) in [5.74, 6) is -1.67. The van der Waals surface area contributed by atoms with Crippen LogP contribution in [0.5, 0.6) is 0 Å². The van der Waals surface area contributed by atoms with E-state index >= 15 is 0 Å². The van der Waals surface area contributed by atoms with Crippen LogP contribution < -0.4 is 15.5 Å². The molecule has 8 nitrogen and oxygen atoms in total. The molecule has 0 radical (unpaired) electrons. The Hall–Kier alpha value is -3.08. The van der Waals surface area contributed by atoms with Gasteiger partial charge in [0, 0.05) is 23.3 Å². The maximum Gasteiger partial charge on any atom is 0.405 e. The number of benzene rings is 1. The van der Waals surface area contributed by atoms with Crippen LogP contribution in [0.3, 0.4) is 0 Å². The summed E-state index contributed by atoms with van der Waals surface area (Å²) in [5.41, 5.74) is -0.334. The zero-order valence-corrected chi connectivity index (χ0v) is 18.8. The van der Waals surface area contributed by atoms with Crippen LogP contribution >= 0.6 is 11.6 Å². The number of hydrogen-bond acceptors (Lipinski definition) is 4. The van der Waals surface area contributed by atoms with Crippen LogP contribution in [0.2, 0.25) is 5.02 Å². The minimum atomic E-state index is -4.57. The number of H-pyrrole nitrogens is 1. The molecule has 2 heterocycles. The quantitative estimate of drug-likeness (QED) is 0.588. The lowest BCUT2D eigenvalue weighted by Gasteiger charge is -2.36. The van der Waals surface area contributed by atoms with Crippen LogP contribution in [0.1, 0.15) is 53.1 Å². The Labute approximate surface area is 198 Å². The Bertz CT molecular complexity index is 1100. The Morgan fingerprint density at radius 3 is 2.62 bits per heavy atom. The maximum absolute atomic E-state index is 13.2. The summed E-state index contributed by atoms with van der Waals surface area (Å²) in [4.78, 5) is 45.9. The molecule has 12 heteroatoms. The molecule has 3 N–H and O–H groups in total. The minimum Gasteiger partial charge on any atom is -0.348 e. The number of imidazole rings is 1. The van der Waals surface area contributed by atoms with Gasteiger partial charge in [0.15, 0.2) is 5.69 Å². The van der Waals surface area contributed by atoms with Crippen LogP contribution in [-0.2, 0) is 4.79 Å². The van der Waals surface area contributed by atoms with Crippen molar-refractivity contribution in [3.63, 3.8) is 0 Å². The van der Waals surface area contributed by atoms with E-state index in [1.54, 1.807) is 28.4 Å². The van der Waals surface area contributed by atoms with Crippen molar-refractivity contribution < 1.29 is 27.6 Å². The molecule has 4 rings (SSSR count). The van der Waals surface area contributed by atoms with Crippen LogP contribution in [0, 0.1) is 5.41 Å². The third kappa shape index (κ3) is 5.03. The molecule has 0 unspecified atom stereocenters. The zero-order valence-electron chi connectivity index (χ0n) is 18.0. The van der Waals surface area contributed by atoms with Gasteiger partial charge >= 0.3 is 6.18 Å². The van der Waals surface area contributed by atoms with Gasteiger partial charge < -0.3 is 20.5 Å². The highest BCUT2D eigenvalue weighted by Crippen LogP contribution is 2.46. The summed E-state index contributed by atoms with van der Waals surface area (Å²) in [6.45, 7) is -0.920. The SMILES string of the molecule is O=C(NC1CCC2(CC1)CCN(c1cccc(Cl)c1)C2=O)c1nc[nH]c1C(=O)NCC(F)(F)F. The van der Waals surface area contributed by atoms with Crippen LogP contribution in [0.25, 0.3) is 0 Å². The van der Waals surface area contributed by atoms with Gasteiger partial charge in [0.25, 0.3) is 11.8 Å². The molecule has 3 amide bonds. The van der Waals surface area contributed by atoms with Crippen molar-refractivity contribution in [1.82, 2.24) is 20.6 Å². The fourth-order valence-corrected chi connectivity index (χ4v) is 4.84. The molecular formula is C22H23ClF3N5O3. The van der Waals surface area contributed by atoms with Gasteiger partial charge in [-0.1, -0.05) is 17.7 Å². The lowest BCUT2D eigenvalue weighted by atomic mass is 9.71. The molecule has 1 aliphatic heterocycles. The van der Waals surface area contributed by atoms with Crippen molar-refractivity contribution in [2.24, 2.45) is 5.41 Å². The minimum absolute atomic E-state index is 0.0514. The molecule has 1 saturated carbocycles. The first kappa shape index (κ1) is 24.1. The molecule has 182 valence electrons. The summed E-state index contributed by atoms with van der Waals surface area (Å²) >= 11 is 6.07. The van der Waals surface area contributed by atoms with Crippen molar-refractivity contribution >= 4 is 35.0 Å². The number of carbonyl (C=O) groups excluding carboxylic acids is 3. The number of anilines is 1. The van der Waals surface area contributed by atoms with E-state index in [0.717, 1.165) is 12.0 Å². The van der Waals surface area contributed by atoms with Gasteiger partial charge in [-0.15, -0.1) is 0 Å². The van der Waals surface area contributed by atoms with Crippen molar-refractivity contribution in [1.29, 1.82) is 0 Å². The number of halogens is 4. The summed E-state index contributed by atoms with van der Waals surface area (Å²) in [5, 5.41) is 5.07. The van der Waals surface area contributed by atoms with Gasteiger partial charge in [-0.2, -0.15) is 13.2 Å². The average Bonchev–Trinajstić information content (AvgIpc) is 3.39. The number of nitrogens with one attached hydrogen (secondary N) is 3. The number of aromatic amines is 1. The van der Waals surface area contributed by atoms with Gasteiger partial charge in [-0.25, -0.2) is 4.98 Å². The number of carbonyl (C=O) groups is 3. The van der Waals surface area contributed by atoms with E-state index in [1.807, 2.05) is 6.07 Å². The fraction of sp³-hybridized carbons (Fsp3) is 0.455. The van der Waals surface area contributed by atoms with E-state index in [2.05, 4.69) is 15.3 Å². The topological polar surface area (TPSA) is 107 Å². The molecule has 2 fully saturated rings. The number of hydrogen-bond donors (Lipinski definition) is 3. The Morgan fingerprint density at radius 1 is 1.21 bits per heavy atom. The molecule has 0 bridgehead atoms. The summed E-state index contributed by atoms with van der Waals surface area (Å²) in [7, 11) is 0. The number of rotatable bonds is 5. The number of aromatic nitrogens is 2. The first-order valence-electron chi connectivity index (χ1n) is 10.8. The maximum atomic E-state index is 13.2. The highest BCUT2D eigenvalue weighted by atomic mass is 35.5. The zero-order chi connectivity index (χ0) is 24.5. The van der Waals surface area contributed by atoms with Gasteiger partial charge in [0.05, 0.1) is 11.7 Å². The van der Waals surface area contributed by atoms with Crippen molar-refractivity contribution in [3.8, 4) is 0 Å². The van der Waals surface area contributed by atoms with Gasteiger partial charge in [0.2, 0.25) is 5.91 Å². The number of nitrogens with zero attached hydrogens (tertiary/aromatic N) is 2. The molecule has 1 saturated heterocycles. The molecule has 1 aliphatic carbocycles. The Morgan fingerprint density at radius 2 is 1.94 bits per heavy atom. The monoisotopic (exact) mass is 497 g/mol. The predicted molar refractivity (Wildman–Crippen MR) is 118 cm³/mol. The van der Waals surface area contributed by atoms with Gasteiger partial charge in [0.1, 0.15) is 12.2 Å². The predicted octanol–water partition coefficient (Wildman–Crippen LogP) is 3.45. The fourth-order valence-electron chi connectivity index (χ4n) is 4.65. The second kappa shape index (κ2) is 9.28. The number of alkyl halides is 3. The Kier molecular flexibility index (Phi) is 6.57. The van der Waals surface area contributed by atoms with Crippen molar-refractivity contribution in [2.75, 3.05) is 18.0 Å². The molecule has 2 aromatic rings. The summed E-state index contributed by atoms with van der Waals surface area (Å²) in [6.07, 6.45) is -0.491. The number of amides is 3. The lowest BCUT2D eigenvalue weighted by Crippen LogP contribution is -2.44. The van der Waals surface area contributed by atoms with E-state index in [4.69, 9.17) is 11.6 Å². The molecular weight excluding hydrogens is 475 g/mol. The van der Waals surface area contributed by atoms with Gasteiger partial charge in [-0.3, -0.25) is 14.4 Å². The van der Waals surface area contributed by atoms with Crippen molar-refractivity contribution in [2.45, 2.75) is 44.3 Å². The highest BCUT2D eigenvalue weighted by molar-refractivity contribution is 6.31. The van der Waals surface area contributed by atoms with Crippen LogP contribution in [0.15, 0.2) is 30.6 Å². The van der Waals surface area contributed by atoms with Crippen molar-refractivity contribution in [3.05, 3.63) is 47.0 Å².